The smallest absolute Gasteiger partial charge is 0.357 e. The average molecular weight is 222 g/mol. The van der Waals surface area contributed by atoms with Gasteiger partial charge in [0.05, 0.1) is 0 Å². The molecule has 0 amide bonds. The zero-order chi connectivity index (χ0) is 10.8. The van der Waals surface area contributed by atoms with Crippen LogP contribution in [0.3, 0.4) is 0 Å². The van der Waals surface area contributed by atoms with Crippen molar-refractivity contribution in [2.45, 2.75) is 6.92 Å². The molecule has 0 aliphatic rings. The Bertz CT molecular complexity index is 522. The lowest BCUT2D eigenvalue weighted by molar-refractivity contribution is 0.457. The van der Waals surface area contributed by atoms with Crippen LogP contribution in [0.4, 0.5) is 0 Å². The lowest BCUT2D eigenvalue weighted by Gasteiger charge is -2.07. The second-order valence-electron chi connectivity index (χ2n) is 3.21. The molecular weight excluding hydrogens is 212 g/mol. The van der Waals surface area contributed by atoms with Crippen LogP contribution in [0.2, 0.25) is 0 Å². The highest BCUT2D eigenvalue weighted by molar-refractivity contribution is 7.74. The minimum atomic E-state index is -2.27. The summed E-state index contributed by atoms with van der Waals surface area (Å²) in [7, 11) is 0. The molecule has 78 valence electrons. The molecule has 1 unspecified atom stereocenters. The molecule has 1 atom stereocenters. The number of hydrogen-bond acceptors (Lipinski definition) is 2. The van der Waals surface area contributed by atoms with Crippen LogP contribution in [0.25, 0.3) is 10.8 Å². The summed E-state index contributed by atoms with van der Waals surface area (Å²) >= 11 is -2.27. The van der Waals surface area contributed by atoms with Gasteiger partial charge in [0.1, 0.15) is 5.75 Å². The van der Waals surface area contributed by atoms with Crippen LogP contribution in [0, 0.1) is 6.92 Å². The normalized spacial score (nSPS) is 12.7. The molecule has 4 heteroatoms. The number of aryl methyl sites for hydroxylation is 1. The minimum absolute atomic E-state index is 0.439. The first-order valence-electron chi connectivity index (χ1n) is 4.46. The third-order valence-electron chi connectivity index (χ3n) is 2.31. The molecule has 0 bridgehead atoms. The fraction of sp³-hybridized carbons (Fsp3) is 0.0909. The number of benzene rings is 2. The first-order chi connectivity index (χ1) is 7.18. The molecule has 0 aromatic heterocycles. The van der Waals surface area contributed by atoms with E-state index in [1.54, 1.807) is 6.07 Å². The largest absolute Gasteiger partial charge is 0.380 e. The summed E-state index contributed by atoms with van der Waals surface area (Å²) in [5, 5.41) is 2.12. The van der Waals surface area contributed by atoms with Crippen LogP contribution in [-0.4, -0.2) is 8.76 Å². The van der Waals surface area contributed by atoms with Gasteiger partial charge >= 0.3 is 11.4 Å². The van der Waals surface area contributed by atoms with E-state index in [0.29, 0.717) is 5.75 Å². The van der Waals surface area contributed by atoms with Crippen molar-refractivity contribution in [1.29, 1.82) is 0 Å². The van der Waals surface area contributed by atoms with Crippen LogP contribution in [-0.2, 0) is 11.4 Å². The van der Waals surface area contributed by atoms with Gasteiger partial charge in [-0.05, 0) is 23.8 Å². The average Bonchev–Trinajstić information content (AvgIpc) is 2.22. The summed E-state index contributed by atoms with van der Waals surface area (Å²) in [6.45, 7) is 1.87. The van der Waals surface area contributed by atoms with Gasteiger partial charge in [0.2, 0.25) is 0 Å². The van der Waals surface area contributed by atoms with E-state index >= 15 is 0 Å². The fourth-order valence-electron chi connectivity index (χ4n) is 1.57. The molecule has 0 spiro atoms. The van der Waals surface area contributed by atoms with E-state index in [9.17, 15) is 4.21 Å². The molecule has 2 aromatic carbocycles. The van der Waals surface area contributed by atoms with Gasteiger partial charge in [-0.3, -0.25) is 4.55 Å². The predicted molar refractivity (Wildman–Crippen MR) is 60.1 cm³/mol. The highest BCUT2D eigenvalue weighted by Gasteiger charge is 2.06. The Labute approximate surface area is 90.2 Å². The molecular formula is C11H10O3S. The maximum atomic E-state index is 10.5. The van der Waals surface area contributed by atoms with Crippen molar-refractivity contribution >= 4 is 22.1 Å². The molecule has 0 fully saturated rings. The first-order valence-corrected chi connectivity index (χ1v) is 5.49. The van der Waals surface area contributed by atoms with Gasteiger partial charge in [0.25, 0.3) is 0 Å². The summed E-state index contributed by atoms with van der Waals surface area (Å²) in [4.78, 5) is 0. The van der Waals surface area contributed by atoms with E-state index in [4.69, 9.17) is 8.74 Å². The Balaban J connectivity index is 2.59. The van der Waals surface area contributed by atoms with Gasteiger partial charge in [0.15, 0.2) is 0 Å². The highest BCUT2D eigenvalue weighted by Crippen LogP contribution is 2.27. The van der Waals surface area contributed by atoms with Gasteiger partial charge in [-0.15, -0.1) is 0 Å². The van der Waals surface area contributed by atoms with E-state index < -0.39 is 11.4 Å². The summed E-state index contributed by atoms with van der Waals surface area (Å²) in [6.07, 6.45) is 0. The topological polar surface area (TPSA) is 46.5 Å². The lowest BCUT2D eigenvalue weighted by Crippen LogP contribution is -1.99. The highest BCUT2D eigenvalue weighted by atomic mass is 32.2. The van der Waals surface area contributed by atoms with Crippen LogP contribution < -0.4 is 4.18 Å². The fourth-order valence-corrected chi connectivity index (χ4v) is 1.91. The third kappa shape index (κ3) is 2.00. The third-order valence-corrected chi connectivity index (χ3v) is 2.63. The predicted octanol–water partition coefficient (Wildman–Crippen LogP) is 2.66. The van der Waals surface area contributed by atoms with Crippen molar-refractivity contribution in [3.05, 3.63) is 42.0 Å². The molecule has 1 N–H and O–H groups in total. The van der Waals surface area contributed by atoms with Crippen LogP contribution >= 0.6 is 0 Å². The molecule has 0 aliphatic heterocycles. The van der Waals surface area contributed by atoms with Crippen LogP contribution in [0.5, 0.6) is 5.75 Å². The Kier molecular flexibility index (Phi) is 2.70. The second kappa shape index (κ2) is 4.00. The van der Waals surface area contributed by atoms with E-state index in [0.717, 1.165) is 16.3 Å². The van der Waals surface area contributed by atoms with E-state index in [1.165, 1.54) is 0 Å². The molecule has 0 saturated heterocycles. The zero-order valence-electron chi connectivity index (χ0n) is 8.14. The van der Waals surface area contributed by atoms with Crippen LogP contribution in [0.15, 0.2) is 36.4 Å². The van der Waals surface area contributed by atoms with Gasteiger partial charge in [-0.1, -0.05) is 30.3 Å². The van der Waals surface area contributed by atoms with Gasteiger partial charge in [-0.2, -0.15) is 4.21 Å². The second-order valence-corrected chi connectivity index (χ2v) is 3.81. The number of rotatable bonds is 2. The van der Waals surface area contributed by atoms with E-state index in [-0.39, 0.29) is 0 Å². The Hall–Kier alpha value is -1.39. The maximum absolute atomic E-state index is 10.5. The summed E-state index contributed by atoms with van der Waals surface area (Å²) in [5.41, 5.74) is 0.871. The maximum Gasteiger partial charge on any atom is 0.357 e. The lowest BCUT2D eigenvalue weighted by atomic mass is 10.1. The Morgan fingerprint density at radius 3 is 2.67 bits per heavy atom. The van der Waals surface area contributed by atoms with Crippen molar-refractivity contribution in [3.63, 3.8) is 0 Å². The SMILES string of the molecule is Cc1c(OS(=O)O)ccc2ccccc12. The quantitative estimate of drug-likeness (QED) is 0.794. The van der Waals surface area contributed by atoms with Crippen molar-refractivity contribution in [3.8, 4) is 5.75 Å². The van der Waals surface area contributed by atoms with Gasteiger partial charge < -0.3 is 4.18 Å². The molecule has 15 heavy (non-hydrogen) atoms. The summed E-state index contributed by atoms with van der Waals surface area (Å²) in [6, 6.07) is 11.4. The molecule has 0 heterocycles. The number of hydrogen-bond donors (Lipinski definition) is 1. The van der Waals surface area contributed by atoms with E-state index in [2.05, 4.69) is 0 Å². The summed E-state index contributed by atoms with van der Waals surface area (Å²) in [5.74, 6) is 0.439. The van der Waals surface area contributed by atoms with Crippen LogP contribution in [0.1, 0.15) is 5.56 Å². The van der Waals surface area contributed by atoms with Crippen molar-refractivity contribution in [1.82, 2.24) is 0 Å². The molecule has 2 aromatic rings. The van der Waals surface area contributed by atoms with Crippen molar-refractivity contribution in [2.24, 2.45) is 0 Å². The molecule has 0 radical (unpaired) electrons. The Morgan fingerprint density at radius 1 is 1.20 bits per heavy atom. The Morgan fingerprint density at radius 2 is 1.93 bits per heavy atom. The van der Waals surface area contributed by atoms with Gasteiger partial charge in [-0.25, -0.2) is 0 Å². The first kappa shape index (κ1) is 10.1. The summed E-state index contributed by atoms with van der Waals surface area (Å²) < 4.78 is 24.0. The van der Waals surface area contributed by atoms with Gasteiger partial charge in [0, 0.05) is 5.56 Å². The van der Waals surface area contributed by atoms with Crippen molar-refractivity contribution in [2.75, 3.05) is 0 Å². The number of fused-ring (bicyclic) bond motifs is 1. The molecule has 0 saturated carbocycles. The van der Waals surface area contributed by atoms with E-state index in [1.807, 2.05) is 37.3 Å². The molecule has 0 aliphatic carbocycles. The zero-order valence-corrected chi connectivity index (χ0v) is 8.95. The molecule has 2 rings (SSSR count). The molecule has 3 nitrogen and oxygen atoms in total. The van der Waals surface area contributed by atoms with Crippen molar-refractivity contribution < 1.29 is 12.9 Å². The minimum Gasteiger partial charge on any atom is -0.380 e. The standard InChI is InChI=1S/C11H10O3S/c1-8-10-5-3-2-4-9(10)6-7-11(8)14-15(12)13/h2-7H,1H3,(H,12,13). The monoisotopic (exact) mass is 222 g/mol.